The predicted molar refractivity (Wildman–Crippen MR) is 47.2 cm³/mol. The number of rotatable bonds is 2. The molecule has 0 saturated heterocycles. The smallest absolute Gasteiger partial charge is 0.331 e. The van der Waals surface area contributed by atoms with E-state index in [1.54, 1.807) is 6.07 Å². The molecule has 0 amide bonds. The van der Waals surface area contributed by atoms with Gasteiger partial charge in [-0.3, -0.25) is 4.98 Å². The van der Waals surface area contributed by atoms with Crippen molar-refractivity contribution in [1.82, 2.24) is 4.98 Å². The molecule has 0 aliphatic carbocycles. The van der Waals surface area contributed by atoms with Crippen molar-refractivity contribution in [2.24, 2.45) is 0 Å². The number of carbonyl (C=O) groups is 1. The van der Waals surface area contributed by atoms with Gasteiger partial charge in [0.15, 0.2) is 0 Å². The molecule has 0 spiro atoms. The highest BCUT2D eigenvalue weighted by Crippen LogP contribution is 2.08. The van der Waals surface area contributed by atoms with Crippen LogP contribution in [0, 0.1) is 0 Å². The molecule has 4 nitrogen and oxygen atoms in total. The van der Waals surface area contributed by atoms with E-state index in [9.17, 15) is 4.79 Å². The monoisotopic (exact) mass is 179 g/mol. The Morgan fingerprint density at radius 3 is 2.69 bits per heavy atom. The summed E-state index contributed by atoms with van der Waals surface area (Å²) in [7, 11) is 0. The number of aromatic nitrogens is 1. The summed E-state index contributed by atoms with van der Waals surface area (Å²) in [5.41, 5.74) is 0.718. The Morgan fingerprint density at radius 2 is 2.23 bits per heavy atom. The van der Waals surface area contributed by atoms with E-state index in [0.29, 0.717) is 5.69 Å². The molecule has 0 aliphatic heterocycles. The minimum absolute atomic E-state index is 0.0603. The third-order valence-electron chi connectivity index (χ3n) is 1.47. The minimum Gasteiger partial charge on any atom is -0.506 e. The first-order valence-electron chi connectivity index (χ1n) is 3.66. The highest BCUT2D eigenvalue weighted by Gasteiger charge is 1.99. The SMILES string of the molecule is C/C(=C\c1ccc(O)cn1)C(=O)O. The van der Waals surface area contributed by atoms with Crippen LogP contribution in [0.2, 0.25) is 0 Å². The zero-order valence-electron chi connectivity index (χ0n) is 7.06. The summed E-state index contributed by atoms with van der Waals surface area (Å²) >= 11 is 0. The maximum atomic E-state index is 10.4. The van der Waals surface area contributed by atoms with Crippen LogP contribution in [0.3, 0.4) is 0 Å². The predicted octanol–water partition coefficient (Wildman–Crippen LogP) is 1.28. The number of hydrogen-bond acceptors (Lipinski definition) is 3. The van der Waals surface area contributed by atoms with Gasteiger partial charge in [0.05, 0.1) is 11.9 Å². The van der Waals surface area contributed by atoms with E-state index < -0.39 is 5.97 Å². The Morgan fingerprint density at radius 1 is 1.54 bits per heavy atom. The summed E-state index contributed by atoms with van der Waals surface area (Å²) in [6, 6.07) is 3.00. The lowest BCUT2D eigenvalue weighted by molar-refractivity contribution is -0.132. The van der Waals surface area contributed by atoms with Gasteiger partial charge in [-0.2, -0.15) is 0 Å². The molecule has 1 aromatic rings. The number of carboxylic acid groups (broad SMARTS) is 1. The fourth-order valence-corrected chi connectivity index (χ4v) is 0.766. The summed E-state index contributed by atoms with van der Waals surface area (Å²) in [6.07, 6.45) is 2.70. The van der Waals surface area contributed by atoms with Crippen molar-refractivity contribution in [3.8, 4) is 5.75 Å². The van der Waals surface area contributed by atoms with Gasteiger partial charge >= 0.3 is 5.97 Å². The van der Waals surface area contributed by atoms with Gasteiger partial charge in [-0.15, -0.1) is 0 Å². The molecule has 0 fully saturated rings. The molecule has 1 rings (SSSR count). The fraction of sp³-hybridized carbons (Fsp3) is 0.111. The first-order chi connectivity index (χ1) is 6.09. The van der Waals surface area contributed by atoms with Crippen molar-refractivity contribution >= 4 is 12.0 Å². The third-order valence-corrected chi connectivity index (χ3v) is 1.47. The van der Waals surface area contributed by atoms with Crippen LogP contribution >= 0.6 is 0 Å². The van der Waals surface area contributed by atoms with E-state index >= 15 is 0 Å². The Kier molecular flexibility index (Phi) is 2.64. The molecule has 1 aromatic heterocycles. The second kappa shape index (κ2) is 3.71. The molecule has 0 unspecified atom stereocenters. The number of aromatic hydroxyl groups is 1. The van der Waals surface area contributed by atoms with E-state index in [0.717, 1.165) is 0 Å². The second-order valence-electron chi connectivity index (χ2n) is 2.57. The molecule has 0 aliphatic rings. The van der Waals surface area contributed by atoms with Crippen LogP contribution in [-0.2, 0) is 4.79 Å². The topological polar surface area (TPSA) is 70.4 Å². The van der Waals surface area contributed by atoms with Crippen LogP contribution in [0.15, 0.2) is 23.9 Å². The van der Waals surface area contributed by atoms with Crippen molar-refractivity contribution < 1.29 is 15.0 Å². The van der Waals surface area contributed by atoms with Crippen molar-refractivity contribution in [2.45, 2.75) is 6.92 Å². The molecule has 0 atom stereocenters. The van der Waals surface area contributed by atoms with Gasteiger partial charge in [0.2, 0.25) is 0 Å². The van der Waals surface area contributed by atoms with Crippen molar-refractivity contribution in [3.63, 3.8) is 0 Å². The summed E-state index contributed by atoms with van der Waals surface area (Å²) in [5, 5.41) is 17.5. The Balaban J connectivity index is 2.92. The highest BCUT2D eigenvalue weighted by atomic mass is 16.4. The minimum atomic E-state index is -0.977. The van der Waals surface area contributed by atoms with Crippen LogP contribution < -0.4 is 0 Å². The number of hydrogen-bond donors (Lipinski definition) is 2. The summed E-state index contributed by atoms with van der Waals surface area (Å²) in [4.78, 5) is 14.2. The quantitative estimate of drug-likeness (QED) is 0.671. The largest absolute Gasteiger partial charge is 0.506 e. The summed E-state index contributed by atoms with van der Waals surface area (Å²) in [6.45, 7) is 1.48. The lowest BCUT2D eigenvalue weighted by atomic mass is 10.2. The van der Waals surface area contributed by atoms with Crippen LogP contribution in [0.1, 0.15) is 12.6 Å². The van der Waals surface area contributed by atoms with Crippen LogP contribution in [0.4, 0.5) is 0 Å². The van der Waals surface area contributed by atoms with E-state index in [2.05, 4.69) is 4.98 Å². The summed E-state index contributed by atoms with van der Waals surface area (Å²) < 4.78 is 0. The van der Waals surface area contributed by atoms with Crippen LogP contribution in [0.5, 0.6) is 5.75 Å². The molecule has 4 heteroatoms. The number of aliphatic carboxylic acids is 1. The van der Waals surface area contributed by atoms with Gasteiger partial charge in [-0.25, -0.2) is 4.79 Å². The lowest BCUT2D eigenvalue weighted by Gasteiger charge is -1.94. The van der Waals surface area contributed by atoms with Gasteiger partial charge in [0, 0.05) is 5.57 Å². The maximum Gasteiger partial charge on any atom is 0.331 e. The normalized spacial score (nSPS) is 11.3. The van der Waals surface area contributed by atoms with E-state index in [1.165, 1.54) is 25.3 Å². The molecule has 0 aromatic carbocycles. The van der Waals surface area contributed by atoms with Crippen molar-refractivity contribution in [3.05, 3.63) is 29.6 Å². The van der Waals surface area contributed by atoms with Crippen molar-refractivity contribution in [2.75, 3.05) is 0 Å². The van der Waals surface area contributed by atoms with Gasteiger partial charge in [-0.05, 0) is 25.1 Å². The molecule has 0 radical (unpaired) electrons. The highest BCUT2D eigenvalue weighted by molar-refractivity contribution is 5.91. The van der Waals surface area contributed by atoms with Gasteiger partial charge in [-0.1, -0.05) is 0 Å². The number of carboxylic acids is 1. The van der Waals surface area contributed by atoms with Crippen molar-refractivity contribution in [1.29, 1.82) is 0 Å². The maximum absolute atomic E-state index is 10.4. The van der Waals surface area contributed by atoms with Gasteiger partial charge < -0.3 is 10.2 Å². The molecule has 13 heavy (non-hydrogen) atoms. The first kappa shape index (κ1) is 9.25. The molecular weight excluding hydrogens is 170 g/mol. The molecule has 0 bridgehead atoms. The molecule has 68 valence electrons. The van der Waals surface area contributed by atoms with E-state index in [1.807, 2.05) is 0 Å². The Hall–Kier alpha value is -1.84. The van der Waals surface area contributed by atoms with E-state index in [-0.39, 0.29) is 11.3 Å². The average molecular weight is 179 g/mol. The number of nitrogens with zero attached hydrogens (tertiary/aromatic N) is 1. The number of pyridine rings is 1. The Bertz CT molecular complexity index is 340. The summed E-state index contributed by atoms with van der Waals surface area (Å²) in [5.74, 6) is -0.917. The lowest BCUT2D eigenvalue weighted by Crippen LogP contribution is -1.95. The van der Waals surface area contributed by atoms with E-state index in [4.69, 9.17) is 10.2 Å². The van der Waals surface area contributed by atoms with Gasteiger partial charge in [0.25, 0.3) is 0 Å². The van der Waals surface area contributed by atoms with Gasteiger partial charge in [0.1, 0.15) is 5.75 Å². The van der Waals surface area contributed by atoms with Crippen LogP contribution in [0.25, 0.3) is 6.08 Å². The molecular formula is C9H9NO3. The zero-order valence-corrected chi connectivity index (χ0v) is 7.06. The average Bonchev–Trinajstić information content (AvgIpc) is 2.08. The standard InChI is InChI=1S/C9H9NO3/c1-6(9(12)13)4-7-2-3-8(11)5-10-7/h2-5,11H,1H3,(H,12,13)/b6-4+. The van der Waals surface area contributed by atoms with Crippen LogP contribution in [-0.4, -0.2) is 21.2 Å². The fourth-order valence-electron chi connectivity index (χ4n) is 0.766. The Labute approximate surface area is 75.2 Å². The zero-order chi connectivity index (χ0) is 9.84. The molecule has 1 heterocycles. The molecule has 2 N–H and O–H groups in total. The molecule has 0 saturated carbocycles. The first-order valence-corrected chi connectivity index (χ1v) is 3.66. The third kappa shape index (κ3) is 2.59. The second-order valence-corrected chi connectivity index (χ2v) is 2.57.